The first-order valence-corrected chi connectivity index (χ1v) is 7.73. The zero-order valence-corrected chi connectivity index (χ0v) is 14.1. The molecular weight excluding hydrogens is 318 g/mol. The van der Waals surface area contributed by atoms with Gasteiger partial charge in [0, 0.05) is 5.02 Å². The summed E-state index contributed by atoms with van der Waals surface area (Å²) in [6.07, 6.45) is 0.837. The Hall–Kier alpha value is -2.01. The predicted octanol–water partition coefficient (Wildman–Crippen LogP) is 3.73. The summed E-state index contributed by atoms with van der Waals surface area (Å²) in [5.74, 6) is -2.13. The van der Waals surface area contributed by atoms with Crippen LogP contribution in [0.5, 0.6) is 5.75 Å². The summed E-state index contributed by atoms with van der Waals surface area (Å²) in [5, 5.41) is 12.6. The molecule has 2 unspecified atom stereocenters. The zero-order chi connectivity index (χ0) is 17.1. The van der Waals surface area contributed by atoms with Crippen molar-refractivity contribution in [2.24, 2.45) is 11.8 Å². The molecule has 1 aromatic rings. The number of benzene rings is 1. The van der Waals surface area contributed by atoms with E-state index in [1.165, 1.54) is 7.11 Å². The molecule has 0 saturated carbocycles. The molecule has 2 N–H and O–H groups in total. The van der Waals surface area contributed by atoms with Gasteiger partial charge in [0.2, 0.25) is 5.91 Å². The maximum atomic E-state index is 12.6. The summed E-state index contributed by atoms with van der Waals surface area (Å²) < 4.78 is 5.20. The van der Waals surface area contributed by atoms with Crippen LogP contribution < -0.4 is 10.1 Å². The Kier molecular flexibility index (Phi) is 5.31. The highest BCUT2D eigenvalue weighted by atomic mass is 35.5. The molecule has 0 saturated heterocycles. The van der Waals surface area contributed by atoms with Crippen molar-refractivity contribution in [3.8, 4) is 5.75 Å². The van der Waals surface area contributed by atoms with Gasteiger partial charge in [0.25, 0.3) is 0 Å². The largest absolute Gasteiger partial charge is 0.495 e. The Morgan fingerprint density at radius 1 is 1.22 bits per heavy atom. The summed E-state index contributed by atoms with van der Waals surface area (Å²) in [6.45, 7) is 3.85. The Morgan fingerprint density at radius 2 is 1.83 bits per heavy atom. The Labute approximate surface area is 140 Å². The van der Waals surface area contributed by atoms with Crippen molar-refractivity contribution >= 4 is 29.2 Å². The van der Waals surface area contributed by atoms with Crippen molar-refractivity contribution in [2.45, 2.75) is 26.7 Å². The van der Waals surface area contributed by atoms with Crippen LogP contribution in [0.2, 0.25) is 5.02 Å². The lowest BCUT2D eigenvalue weighted by molar-refractivity contribution is -0.146. The highest BCUT2D eigenvalue weighted by Crippen LogP contribution is 2.36. The van der Waals surface area contributed by atoms with Crippen LogP contribution in [0.4, 0.5) is 5.69 Å². The van der Waals surface area contributed by atoms with Gasteiger partial charge in [0.1, 0.15) is 5.75 Å². The van der Waals surface area contributed by atoms with Gasteiger partial charge in [-0.1, -0.05) is 22.7 Å². The monoisotopic (exact) mass is 337 g/mol. The first kappa shape index (κ1) is 17.3. The van der Waals surface area contributed by atoms with E-state index in [-0.39, 0.29) is 5.91 Å². The second kappa shape index (κ2) is 7.04. The maximum absolute atomic E-state index is 12.6. The minimum absolute atomic E-state index is 0.329. The molecule has 0 spiro atoms. The van der Waals surface area contributed by atoms with E-state index in [0.29, 0.717) is 29.3 Å². The van der Waals surface area contributed by atoms with Gasteiger partial charge < -0.3 is 15.2 Å². The second-order valence-corrected chi connectivity index (χ2v) is 6.29. The predicted molar refractivity (Wildman–Crippen MR) is 88.9 cm³/mol. The van der Waals surface area contributed by atoms with Gasteiger partial charge in [-0.3, -0.25) is 9.59 Å². The quantitative estimate of drug-likeness (QED) is 0.821. The van der Waals surface area contributed by atoms with Gasteiger partial charge in [-0.15, -0.1) is 0 Å². The molecule has 1 amide bonds. The minimum Gasteiger partial charge on any atom is -0.495 e. The Balaban J connectivity index is 2.25. The molecule has 5 nitrogen and oxygen atoms in total. The standard InChI is InChI=1S/C17H20ClNO4/c1-9-6-12(13(17(21)22)7-10(9)2)16(20)19-14-8-11(18)4-5-15(14)23-3/h4-5,8,12-13H,6-7H2,1-3H3,(H,19,20)(H,21,22). The fourth-order valence-electron chi connectivity index (χ4n) is 2.83. The van der Waals surface area contributed by atoms with Crippen LogP contribution in [0.1, 0.15) is 26.7 Å². The van der Waals surface area contributed by atoms with Gasteiger partial charge in [-0.2, -0.15) is 0 Å². The smallest absolute Gasteiger partial charge is 0.307 e. The van der Waals surface area contributed by atoms with E-state index in [4.69, 9.17) is 16.3 Å². The average Bonchev–Trinajstić information content (AvgIpc) is 2.49. The van der Waals surface area contributed by atoms with Crippen LogP contribution in [-0.2, 0) is 9.59 Å². The molecule has 6 heteroatoms. The number of amides is 1. The van der Waals surface area contributed by atoms with Crippen LogP contribution >= 0.6 is 11.6 Å². The molecule has 0 aromatic heterocycles. The third-order valence-electron chi connectivity index (χ3n) is 4.34. The lowest BCUT2D eigenvalue weighted by atomic mass is 9.76. The van der Waals surface area contributed by atoms with E-state index >= 15 is 0 Å². The highest BCUT2D eigenvalue weighted by molar-refractivity contribution is 6.31. The number of methoxy groups -OCH3 is 1. The van der Waals surface area contributed by atoms with Crippen molar-refractivity contribution in [1.82, 2.24) is 0 Å². The molecule has 1 aliphatic carbocycles. The number of hydrogen-bond acceptors (Lipinski definition) is 3. The third kappa shape index (κ3) is 3.85. The first-order chi connectivity index (χ1) is 10.8. The third-order valence-corrected chi connectivity index (χ3v) is 4.57. The fraction of sp³-hybridized carbons (Fsp3) is 0.412. The first-order valence-electron chi connectivity index (χ1n) is 7.36. The summed E-state index contributed by atoms with van der Waals surface area (Å²) in [4.78, 5) is 24.1. The van der Waals surface area contributed by atoms with Crippen molar-refractivity contribution < 1.29 is 19.4 Å². The molecule has 0 heterocycles. The SMILES string of the molecule is COc1ccc(Cl)cc1NC(=O)C1CC(C)=C(C)CC1C(=O)O. The Bertz CT molecular complexity index is 669. The summed E-state index contributed by atoms with van der Waals surface area (Å²) in [6, 6.07) is 4.90. The van der Waals surface area contributed by atoms with Crippen molar-refractivity contribution in [3.63, 3.8) is 0 Å². The van der Waals surface area contributed by atoms with Gasteiger partial charge in [0.05, 0.1) is 24.6 Å². The lowest BCUT2D eigenvalue weighted by Gasteiger charge is -2.29. The molecule has 0 bridgehead atoms. The maximum Gasteiger partial charge on any atom is 0.307 e. The number of carboxylic acids is 1. The molecular formula is C17H20ClNO4. The number of carbonyl (C=O) groups excluding carboxylic acids is 1. The summed E-state index contributed by atoms with van der Waals surface area (Å²) in [7, 11) is 1.50. The van der Waals surface area contributed by atoms with Crippen molar-refractivity contribution in [3.05, 3.63) is 34.4 Å². The molecule has 0 aliphatic heterocycles. The van der Waals surface area contributed by atoms with Crippen LogP contribution in [0.15, 0.2) is 29.3 Å². The molecule has 2 atom stereocenters. The van der Waals surface area contributed by atoms with Gasteiger partial charge in [0.15, 0.2) is 0 Å². The molecule has 0 radical (unpaired) electrons. The summed E-state index contributed by atoms with van der Waals surface area (Å²) in [5.41, 5.74) is 2.56. The van der Waals surface area contributed by atoms with E-state index in [9.17, 15) is 14.7 Å². The second-order valence-electron chi connectivity index (χ2n) is 5.85. The Morgan fingerprint density at radius 3 is 2.39 bits per heavy atom. The van der Waals surface area contributed by atoms with E-state index in [1.54, 1.807) is 18.2 Å². The molecule has 1 aliphatic rings. The van der Waals surface area contributed by atoms with E-state index in [1.807, 2.05) is 13.8 Å². The molecule has 0 fully saturated rings. The van der Waals surface area contributed by atoms with Gasteiger partial charge in [-0.05, 0) is 44.9 Å². The van der Waals surface area contributed by atoms with Crippen LogP contribution in [-0.4, -0.2) is 24.1 Å². The lowest BCUT2D eigenvalue weighted by Crippen LogP contribution is -2.36. The van der Waals surface area contributed by atoms with Gasteiger partial charge >= 0.3 is 5.97 Å². The van der Waals surface area contributed by atoms with Crippen molar-refractivity contribution in [1.29, 1.82) is 0 Å². The number of aliphatic carboxylic acids is 1. The molecule has 2 rings (SSSR count). The molecule has 23 heavy (non-hydrogen) atoms. The molecule has 1 aromatic carbocycles. The highest BCUT2D eigenvalue weighted by Gasteiger charge is 2.37. The topological polar surface area (TPSA) is 75.6 Å². The van der Waals surface area contributed by atoms with Crippen LogP contribution in [0, 0.1) is 11.8 Å². The van der Waals surface area contributed by atoms with Gasteiger partial charge in [-0.25, -0.2) is 0 Å². The normalized spacial score (nSPS) is 21.0. The fourth-order valence-corrected chi connectivity index (χ4v) is 3.00. The molecule has 124 valence electrons. The van der Waals surface area contributed by atoms with Crippen molar-refractivity contribution in [2.75, 3.05) is 12.4 Å². The zero-order valence-electron chi connectivity index (χ0n) is 13.4. The number of hydrogen-bond donors (Lipinski definition) is 2. The minimum atomic E-state index is -0.949. The number of halogens is 1. The number of anilines is 1. The van der Waals surface area contributed by atoms with E-state index in [2.05, 4.69) is 5.32 Å². The summed E-state index contributed by atoms with van der Waals surface area (Å²) >= 11 is 5.96. The van der Waals surface area contributed by atoms with Crippen LogP contribution in [0.25, 0.3) is 0 Å². The van der Waals surface area contributed by atoms with E-state index < -0.39 is 17.8 Å². The van der Waals surface area contributed by atoms with E-state index in [0.717, 1.165) is 11.1 Å². The number of carbonyl (C=O) groups is 2. The number of nitrogens with one attached hydrogen (secondary N) is 1. The number of rotatable bonds is 4. The number of ether oxygens (including phenoxy) is 1. The number of allylic oxidation sites excluding steroid dienone is 2. The number of carboxylic acid groups (broad SMARTS) is 1. The van der Waals surface area contributed by atoms with Crippen LogP contribution in [0.3, 0.4) is 0 Å². The average molecular weight is 338 g/mol.